The zero-order valence-corrected chi connectivity index (χ0v) is 18.8. The summed E-state index contributed by atoms with van der Waals surface area (Å²) in [5, 5.41) is 1.13. The maximum atomic E-state index is 5.92. The van der Waals surface area contributed by atoms with Gasteiger partial charge >= 0.3 is 0 Å². The molecule has 160 valence electrons. The van der Waals surface area contributed by atoms with Gasteiger partial charge in [-0.15, -0.1) is 11.3 Å². The van der Waals surface area contributed by atoms with Crippen LogP contribution in [-0.4, -0.2) is 67.8 Å². The summed E-state index contributed by atoms with van der Waals surface area (Å²) in [7, 11) is 1.71. The molecule has 0 bridgehead atoms. The van der Waals surface area contributed by atoms with Crippen LogP contribution in [0.3, 0.4) is 0 Å². The average molecular weight is 426 g/mol. The molecule has 0 aliphatic carbocycles. The largest absolute Gasteiger partial charge is 0.497 e. The number of aromatic nitrogens is 1. The van der Waals surface area contributed by atoms with Gasteiger partial charge in [0.15, 0.2) is 0 Å². The molecule has 5 nitrogen and oxygen atoms in total. The van der Waals surface area contributed by atoms with Crippen LogP contribution >= 0.6 is 11.3 Å². The monoisotopic (exact) mass is 425 g/mol. The zero-order chi connectivity index (χ0) is 20.8. The molecule has 30 heavy (non-hydrogen) atoms. The molecule has 6 heteroatoms. The Hall–Kier alpha value is -1.99. The van der Waals surface area contributed by atoms with E-state index in [2.05, 4.69) is 52.0 Å². The molecule has 0 unspecified atom stereocenters. The van der Waals surface area contributed by atoms with E-state index in [1.807, 2.05) is 12.1 Å². The highest BCUT2D eigenvalue weighted by molar-refractivity contribution is 7.18. The van der Waals surface area contributed by atoms with Gasteiger partial charge in [-0.1, -0.05) is 18.2 Å². The van der Waals surface area contributed by atoms with Crippen LogP contribution in [-0.2, 0) is 17.7 Å². The SMILES string of the molecule is COc1ccc(CN2CCN(CCOCCc3ccc4sc(C)nc4c3)CC2)cc1. The first-order valence-electron chi connectivity index (χ1n) is 10.7. The standard InChI is InChI=1S/C24H31N3O2S/c1-19-25-23-17-20(5-8-24(23)30-19)9-15-29-16-14-26-10-12-27(13-11-26)18-21-3-6-22(28-2)7-4-21/h3-8,17H,9-16,18H2,1-2H3. The summed E-state index contributed by atoms with van der Waals surface area (Å²) in [6.45, 7) is 10.1. The number of rotatable bonds is 9. The number of benzene rings is 2. The van der Waals surface area contributed by atoms with Gasteiger partial charge in [0.25, 0.3) is 0 Å². The number of methoxy groups -OCH3 is 1. The van der Waals surface area contributed by atoms with Crippen LogP contribution in [0.4, 0.5) is 0 Å². The summed E-state index contributed by atoms with van der Waals surface area (Å²) < 4.78 is 12.4. The predicted octanol–water partition coefficient (Wildman–Crippen LogP) is 3.99. The smallest absolute Gasteiger partial charge is 0.118 e. The van der Waals surface area contributed by atoms with Crippen molar-refractivity contribution in [2.45, 2.75) is 19.9 Å². The van der Waals surface area contributed by atoms with Crippen LogP contribution in [0.25, 0.3) is 10.2 Å². The second-order valence-corrected chi connectivity index (χ2v) is 9.10. The van der Waals surface area contributed by atoms with Gasteiger partial charge < -0.3 is 9.47 Å². The van der Waals surface area contributed by atoms with Crippen LogP contribution < -0.4 is 4.74 Å². The van der Waals surface area contributed by atoms with Crippen molar-refractivity contribution in [1.29, 1.82) is 0 Å². The molecule has 2 aromatic carbocycles. The zero-order valence-electron chi connectivity index (χ0n) is 18.0. The van der Waals surface area contributed by atoms with Gasteiger partial charge in [-0.05, 0) is 48.7 Å². The molecule has 1 aliphatic rings. The second-order valence-electron chi connectivity index (χ2n) is 7.86. The van der Waals surface area contributed by atoms with Crippen molar-refractivity contribution >= 4 is 21.6 Å². The summed E-state index contributed by atoms with van der Waals surface area (Å²) in [6.07, 6.45) is 0.947. The molecule has 3 aromatic rings. The molecular weight excluding hydrogens is 394 g/mol. The number of thiazole rings is 1. The van der Waals surface area contributed by atoms with Crippen molar-refractivity contribution in [3.63, 3.8) is 0 Å². The van der Waals surface area contributed by atoms with E-state index >= 15 is 0 Å². The molecule has 1 fully saturated rings. The Balaban J connectivity index is 1.11. The summed E-state index contributed by atoms with van der Waals surface area (Å²) in [5.41, 5.74) is 3.76. The Morgan fingerprint density at radius 1 is 0.933 bits per heavy atom. The van der Waals surface area contributed by atoms with Gasteiger partial charge in [0.05, 0.1) is 35.5 Å². The van der Waals surface area contributed by atoms with E-state index in [-0.39, 0.29) is 0 Å². The highest BCUT2D eigenvalue weighted by Gasteiger charge is 2.16. The molecule has 0 radical (unpaired) electrons. The fourth-order valence-corrected chi connectivity index (χ4v) is 4.70. The number of hydrogen-bond acceptors (Lipinski definition) is 6. The quantitative estimate of drug-likeness (QED) is 0.485. The summed E-state index contributed by atoms with van der Waals surface area (Å²) >= 11 is 1.75. The first kappa shape index (κ1) is 21.2. The minimum Gasteiger partial charge on any atom is -0.497 e. The van der Waals surface area contributed by atoms with Crippen LogP contribution in [0.1, 0.15) is 16.1 Å². The third kappa shape index (κ3) is 5.79. The lowest BCUT2D eigenvalue weighted by Crippen LogP contribution is -2.46. The average Bonchev–Trinajstić information content (AvgIpc) is 3.14. The lowest BCUT2D eigenvalue weighted by Gasteiger charge is -2.34. The van der Waals surface area contributed by atoms with E-state index in [4.69, 9.17) is 9.47 Å². The van der Waals surface area contributed by atoms with Gasteiger partial charge in [-0.3, -0.25) is 9.80 Å². The lowest BCUT2D eigenvalue weighted by molar-refractivity contribution is 0.0747. The minimum absolute atomic E-state index is 0.770. The Morgan fingerprint density at radius 2 is 1.67 bits per heavy atom. The summed E-state index contributed by atoms with van der Waals surface area (Å²) in [5.74, 6) is 0.919. The number of aryl methyl sites for hydroxylation is 1. The Labute approximate surface area is 183 Å². The molecule has 1 aliphatic heterocycles. The molecule has 0 amide bonds. The third-order valence-corrected chi connectivity index (χ3v) is 6.63. The van der Waals surface area contributed by atoms with Crippen molar-refractivity contribution in [2.24, 2.45) is 0 Å². The van der Waals surface area contributed by atoms with Gasteiger partial charge in [-0.25, -0.2) is 4.98 Å². The van der Waals surface area contributed by atoms with Crippen LogP contribution in [0.2, 0.25) is 0 Å². The van der Waals surface area contributed by atoms with Crippen molar-refractivity contribution < 1.29 is 9.47 Å². The van der Waals surface area contributed by atoms with Gasteiger partial charge in [0.1, 0.15) is 5.75 Å². The van der Waals surface area contributed by atoms with E-state index < -0.39 is 0 Å². The van der Waals surface area contributed by atoms with E-state index in [1.165, 1.54) is 15.8 Å². The first-order valence-corrected chi connectivity index (χ1v) is 11.5. The van der Waals surface area contributed by atoms with Gasteiger partial charge in [-0.2, -0.15) is 0 Å². The van der Waals surface area contributed by atoms with E-state index in [0.29, 0.717) is 0 Å². The van der Waals surface area contributed by atoms with Gasteiger partial charge in [0, 0.05) is 39.3 Å². The first-order chi connectivity index (χ1) is 14.7. The molecule has 0 atom stereocenters. The predicted molar refractivity (Wildman–Crippen MR) is 124 cm³/mol. The Morgan fingerprint density at radius 3 is 2.43 bits per heavy atom. The number of ether oxygens (including phenoxy) is 2. The van der Waals surface area contributed by atoms with Crippen LogP contribution in [0.5, 0.6) is 5.75 Å². The maximum absolute atomic E-state index is 5.92. The molecule has 0 spiro atoms. The number of fused-ring (bicyclic) bond motifs is 1. The molecular formula is C24H31N3O2S. The van der Waals surface area contributed by atoms with Crippen molar-refractivity contribution in [1.82, 2.24) is 14.8 Å². The fraction of sp³-hybridized carbons (Fsp3) is 0.458. The highest BCUT2D eigenvalue weighted by atomic mass is 32.1. The molecule has 0 N–H and O–H groups in total. The Kier molecular flexibility index (Phi) is 7.33. The molecule has 2 heterocycles. The molecule has 1 aromatic heterocycles. The second kappa shape index (κ2) is 10.4. The van der Waals surface area contributed by atoms with E-state index in [9.17, 15) is 0 Å². The van der Waals surface area contributed by atoms with Crippen LogP contribution in [0.15, 0.2) is 42.5 Å². The van der Waals surface area contributed by atoms with Gasteiger partial charge in [0.2, 0.25) is 0 Å². The summed E-state index contributed by atoms with van der Waals surface area (Å²) in [4.78, 5) is 9.61. The van der Waals surface area contributed by atoms with Crippen molar-refractivity contribution in [3.8, 4) is 5.75 Å². The van der Waals surface area contributed by atoms with E-state index in [0.717, 1.165) is 75.2 Å². The van der Waals surface area contributed by atoms with E-state index in [1.54, 1.807) is 18.4 Å². The number of piperazine rings is 1. The Bertz CT molecular complexity index is 933. The normalized spacial score (nSPS) is 15.7. The molecule has 1 saturated heterocycles. The van der Waals surface area contributed by atoms with Crippen molar-refractivity contribution in [3.05, 3.63) is 58.6 Å². The summed E-state index contributed by atoms with van der Waals surface area (Å²) in [6, 6.07) is 15.0. The van der Waals surface area contributed by atoms with Crippen molar-refractivity contribution in [2.75, 3.05) is 53.0 Å². The highest BCUT2D eigenvalue weighted by Crippen LogP contribution is 2.22. The maximum Gasteiger partial charge on any atom is 0.118 e. The fourth-order valence-electron chi connectivity index (χ4n) is 3.89. The number of nitrogens with zero attached hydrogens (tertiary/aromatic N) is 3. The molecule has 4 rings (SSSR count). The number of hydrogen-bond donors (Lipinski definition) is 0. The molecule has 0 saturated carbocycles. The minimum atomic E-state index is 0.770. The topological polar surface area (TPSA) is 37.8 Å². The lowest BCUT2D eigenvalue weighted by atomic mass is 10.1. The third-order valence-electron chi connectivity index (χ3n) is 5.68. The van der Waals surface area contributed by atoms with Crippen LogP contribution in [0, 0.1) is 6.92 Å².